The molecule has 1 aliphatic carbocycles. The normalized spacial score (nSPS) is 18.6. The summed E-state index contributed by atoms with van der Waals surface area (Å²) in [5.41, 5.74) is 2.97. The number of fused-ring (bicyclic) bond motifs is 5. The minimum atomic E-state index is -0.457. The molecule has 2 aromatic rings. The SMILES string of the molecule is CC(O)CN1COc2c(Cl)cc3c4c(c(=O)oc3c2C1)CCC4. The number of hydrogen-bond donors (Lipinski definition) is 1. The lowest BCUT2D eigenvalue weighted by molar-refractivity contribution is 0.0504. The van der Waals surface area contributed by atoms with Crippen LogP contribution in [0.4, 0.5) is 0 Å². The fourth-order valence-electron chi connectivity index (χ4n) is 3.64. The summed E-state index contributed by atoms with van der Waals surface area (Å²) in [4.78, 5) is 14.2. The fraction of sp³-hybridized carbons (Fsp3) is 0.471. The van der Waals surface area contributed by atoms with E-state index < -0.39 is 6.10 Å². The van der Waals surface area contributed by atoms with Gasteiger partial charge in [0.15, 0.2) is 0 Å². The van der Waals surface area contributed by atoms with Crippen molar-refractivity contribution in [3.8, 4) is 5.75 Å². The zero-order chi connectivity index (χ0) is 16.1. The summed E-state index contributed by atoms with van der Waals surface area (Å²) in [6.45, 7) is 3.12. The molecule has 122 valence electrons. The van der Waals surface area contributed by atoms with Crippen LogP contribution in [0.2, 0.25) is 5.02 Å². The molecule has 4 rings (SSSR count). The molecular formula is C17H18ClNO4. The summed E-state index contributed by atoms with van der Waals surface area (Å²) in [5, 5.41) is 11.1. The number of rotatable bonds is 2. The Hall–Kier alpha value is -1.56. The van der Waals surface area contributed by atoms with Crippen LogP contribution >= 0.6 is 11.6 Å². The molecule has 2 aliphatic rings. The van der Waals surface area contributed by atoms with Gasteiger partial charge < -0.3 is 14.3 Å². The molecule has 23 heavy (non-hydrogen) atoms. The monoisotopic (exact) mass is 335 g/mol. The Morgan fingerprint density at radius 3 is 2.91 bits per heavy atom. The van der Waals surface area contributed by atoms with Crippen LogP contribution in [0.5, 0.6) is 5.75 Å². The van der Waals surface area contributed by atoms with Gasteiger partial charge in [-0.25, -0.2) is 4.79 Å². The third kappa shape index (κ3) is 2.43. The van der Waals surface area contributed by atoms with E-state index in [1.807, 2.05) is 11.0 Å². The third-order valence-electron chi connectivity index (χ3n) is 4.56. The molecule has 0 saturated carbocycles. The lowest BCUT2D eigenvalue weighted by atomic mass is 10.0. The summed E-state index contributed by atoms with van der Waals surface area (Å²) in [7, 11) is 0. The Balaban J connectivity index is 1.91. The molecule has 0 amide bonds. The number of benzene rings is 1. The highest BCUT2D eigenvalue weighted by molar-refractivity contribution is 6.33. The quantitative estimate of drug-likeness (QED) is 0.854. The van der Waals surface area contributed by atoms with Crippen LogP contribution in [0.3, 0.4) is 0 Å². The number of aliphatic hydroxyl groups is 1. The molecule has 0 bridgehead atoms. The van der Waals surface area contributed by atoms with Crippen molar-refractivity contribution in [1.82, 2.24) is 4.90 Å². The molecule has 1 atom stereocenters. The standard InChI is InChI=1S/C17H18ClNO4/c1-9(20)6-19-7-13-15-12(5-14(18)16(13)22-8-19)10-3-2-4-11(10)17(21)23-15/h5,9,20H,2-4,6-8H2,1H3. The van der Waals surface area contributed by atoms with Gasteiger partial charge in [0, 0.05) is 24.0 Å². The van der Waals surface area contributed by atoms with E-state index in [0.29, 0.717) is 36.2 Å². The molecule has 1 aromatic heterocycles. The van der Waals surface area contributed by atoms with Crippen LogP contribution in [-0.4, -0.2) is 29.4 Å². The molecule has 1 aromatic carbocycles. The van der Waals surface area contributed by atoms with Gasteiger partial charge in [-0.05, 0) is 37.8 Å². The zero-order valence-corrected chi connectivity index (χ0v) is 13.7. The Bertz CT molecular complexity index is 843. The number of β-amino-alcohol motifs (C(OH)–C–C–N with tert-alkyl or cyclic N) is 1. The van der Waals surface area contributed by atoms with E-state index in [1.54, 1.807) is 6.92 Å². The van der Waals surface area contributed by atoms with Crippen LogP contribution in [-0.2, 0) is 19.4 Å². The number of ether oxygens (including phenoxy) is 1. The van der Waals surface area contributed by atoms with E-state index in [1.165, 1.54) is 0 Å². The topological polar surface area (TPSA) is 62.9 Å². The molecule has 0 radical (unpaired) electrons. The second-order valence-electron chi connectivity index (χ2n) is 6.38. The minimum absolute atomic E-state index is 0.248. The minimum Gasteiger partial charge on any atom is -0.476 e. The van der Waals surface area contributed by atoms with Gasteiger partial charge in [0.25, 0.3) is 0 Å². The van der Waals surface area contributed by atoms with E-state index >= 15 is 0 Å². The highest BCUT2D eigenvalue weighted by Crippen LogP contribution is 2.41. The van der Waals surface area contributed by atoms with Crippen molar-refractivity contribution < 1.29 is 14.3 Å². The van der Waals surface area contributed by atoms with Gasteiger partial charge in [-0.2, -0.15) is 0 Å². The second-order valence-corrected chi connectivity index (χ2v) is 6.78. The average Bonchev–Trinajstić information content (AvgIpc) is 2.99. The first-order chi connectivity index (χ1) is 11.0. The maximum absolute atomic E-state index is 12.3. The van der Waals surface area contributed by atoms with Gasteiger partial charge >= 0.3 is 5.63 Å². The maximum atomic E-state index is 12.3. The van der Waals surface area contributed by atoms with E-state index in [9.17, 15) is 9.90 Å². The lowest BCUT2D eigenvalue weighted by Crippen LogP contribution is -2.37. The Labute approximate surface area is 138 Å². The maximum Gasteiger partial charge on any atom is 0.339 e. The molecular weight excluding hydrogens is 318 g/mol. The van der Waals surface area contributed by atoms with Gasteiger partial charge in [-0.15, -0.1) is 0 Å². The van der Waals surface area contributed by atoms with Crippen molar-refractivity contribution in [2.24, 2.45) is 0 Å². The van der Waals surface area contributed by atoms with Gasteiger partial charge in [0.1, 0.15) is 18.1 Å². The van der Waals surface area contributed by atoms with E-state index in [0.717, 1.165) is 41.3 Å². The summed E-state index contributed by atoms with van der Waals surface area (Å²) in [5.74, 6) is 0.585. The van der Waals surface area contributed by atoms with Crippen molar-refractivity contribution in [1.29, 1.82) is 0 Å². The predicted octanol–water partition coefficient (Wildman–Crippen LogP) is 2.47. The number of halogens is 1. The van der Waals surface area contributed by atoms with Crippen LogP contribution in [0.1, 0.15) is 30.0 Å². The number of hydrogen-bond acceptors (Lipinski definition) is 5. The van der Waals surface area contributed by atoms with Gasteiger partial charge in [0.2, 0.25) is 0 Å². The molecule has 1 unspecified atom stereocenters. The summed E-state index contributed by atoms with van der Waals surface area (Å²) in [6.07, 6.45) is 2.16. The third-order valence-corrected chi connectivity index (χ3v) is 4.84. The van der Waals surface area contributed by atoms with Crippen molar-refractivity contribution in [2.45, 2.75) is 38.8 Å². The summed E-state index contributed by atoms with van der Waals surface area (Å²) < 4.78 is 11.4. The number of aliphatic hydroxyl groups excluding tert-OH is 1. The van der Waals surface area contributed by atoms with Crippen molar-refractivity contribution >= 4 is 22.6 Å². The Kier molecular flexibility index (Phi) is 3.59. The molecule has 6 heteroatoms. The highest BCUT2D eigenvalue weighted by atomic mass is 35.5. The molecule has 0 spiro atoms. The van der Waals surface area contributed by atoms with Gasteiger partial charge in [-0.3, -0.25) is 4.90 Å². The molecule has 2 heterocycles. The van der Waals surface area contributed by atoms with E-state index in [4.69, 9.17) is 20.8 Å². The van der Waals surface area contributed by atoms with E-state index in [-0.39, 0.29) is 5.63 Å². The Morgan fingerprint density at radius 1 is 1.35 bits per heavy atom. The first-order valence-electron chi connectivity index (χ1n) is 7.87. The number of aryl methyl sites for hydroxylation is 1. The van der Waals surface area contributed by atoms with Crippen LogP contribution < -0.4 is 10.4 Å². The predicted molar refractivity (Wildman–Crippen MR) is 87.1 cm³/mol. The molecule has 1 N–H and O–H groups in total. The number of nitrogens with zero attached hydrogens (tertiary/aromatic N) is 1. The second kappa shape index (κ2) is 5.51. The largest absolute Gasteiger partial charge is 0.476 e. The van der Waals surface area contributed by atoms with Crippen molar-refractivity contribution in [3.63, 3.8) is 0 Å². The van der Waals surface area contributed by atoms with Crippen molar-refractivity contribution in [2.75, 3.05) is 13.3 Å². The molecule has 0 fully saturated rings. The van der Waals surface area contributed by atoms with Gasteiger partial charge in [0.05, 0.1) is 16.7 Å². The summed E-state index contributed by atoms with van der Waals surface area (Å²) >= 11 is 6.40. The first-order valence-corrected chi connectivity index (χ1v) is 8.25. The first kappa shape index (κ1) is 15.0. The smallest absolute Gasteiger partial charge is 0.339 e. The summed E-state index contributed by atoms with van der Waals surface area (Å²) in [6, 6.07) is 1.85. The zero-order valence-electron chi connectivity index (χ0n) is 12.9. The highest BCUT2D eigenvalue weighted by Gasteiger charge is 2.28. The van der Waals surface area contributed by atoms with E-state index in [2.05, 4.69) is 0 Å². The van der Waals surface area contributed by atoms with Crippen LogP contribution in [0.15, 0.2) is 15.3 Å². The molecule has 5 nitrogen and oxygen atoms in total. The van der Waals surface area contributed by atoms with Crippen LogP contribution in [0, 0.1) is 0 Å². The van der Waals surface area contributed by atoms with Crippen molar-refractivity contribution in [3.05, 3.63) is 38.2 Å². The van der Waals surface area contributed by atoms with Gasteiger partial charge in [-0.1, -0.05) is 11.6 Å². The fourth-order valence-corrected chi connectivity index (χ4v) is 3.92. The molecule has 0 saturated heterocycles. The average molecular weight is 336 g/mol. The Morgan fingerprint density at radius 2 is 2.13 bits per heavy atom. The van der Waals surface area contributed by atoms with Crippen LogP contribution in [0.25, 0.3) is 11.0 Å². The lowest BCUT2D eigenvalue weighted by Gasteiger charge is -2.30. The molecule has 1 aliphatic heterocycles.